The topological polar surface area (TPSA) is 55.8 Å². The van der Waals surface area contributed by atoms with E-state index in [1.54, 1.807) is 7.11 Å². The SMILES string of the molecule is CCCC(=O)OO.COc1ccccc1. The van der Waals surface area contributed by atoms with Crippen LogP contribution >= 0.6 is 0 Å². The molecule has 1 aromatic carbocycles. The minimum Gasteiger partial charge on any atom is -0.497 e. The fourth-order valence-corrected chi connectivity index (χ4v) is 0.806. The van der Waals surface area contributed by atoms with Crippen LogP contribution in [-0.2, 0) is 9.68 Å². The largest absolute Gasteiger partial charge is 0.497 e. The quantitative estimate of drug-likeness (QED) is 0.617. The number of methoxy groups -OCH3 is 1. The molecule has 0 aromatic heterocycles. The summed E-state index contributed by atoms with van der Waals surface area (Å²) in [5.74, 6) is 0.343. The smallest absolute Gasteiger partial charge is 0.342 e. The number of benzene rings is 1. The molecule has 1 N–H and O–H groups in total. The molecule has 1 rings (SSSR count). The van der Waals surface area contributed by atoms with Gasteiger partial charge in [0, 0.05) is 6.42 Å². The number of hydrogen-bond donors (Lipinski definition) is 1. The Morgan fingerprint density at radius 1 is 1.33 bits per heavy atom. The Morgan fingerprint density at radius 3 is 2.20 bits per heavy atom. The highest BCUT2D eigenvalue weighted by molar-refractivity contribution is 5.68. The summed E-state index contributed by atoms with van der Waals surface area (Å²) >= 11 is 0. The van der Waals surface area contributed by atoms with Gasteiger partial charge in [-0.2, -0.15) is 5.26 Å². The molecule has 0 heterocycles. The molecule has 0 spiro atoms. The first kappa shape index (κ1) is 13.4. The van der Waals surface area contributed by atoms with Crippen LogP contribution in [0.25, 0.3) is 0 Å². The van der Waals surface area contributed by atoms with Gasteiger partial charge >= 0.3 is 5.97 Å². The van der Waals surface area contributed by atoms with Crippen molar-refractivity contribution in [2.24, 2.45) is 0 Å². The average molecular weight is 212 g/mol. The maximum Gasteiger partial charge on any atom is 0.342 e. The zero-order valence-electron chi connectivity index (χ0n) is 8.97. The lowest BCUT2D eigenvalue weighted by atomic mass is 10.3. The highest BCUT2D eigenvalue weighted by Crippen LogP contribution is 2.05. The van der Waals surface area contributed by atoms with Gasteiger partial charge in [0.1, 0.15) is 5.75 Å². The van der Waals surface area contributed by atoms with Crippen molar-refractivity contribution in [3.63, 3.8) is 0 Å². The third-order valence-electron chi connectivity index (χ3n) is 1.53. The summed E-state index contributed by atoms with van der Waals surface area (Å²) in [5, 5.41) is 7.62. The van der Waals surface area contributed by atoms with Crippen LogP contribution in [0.15, 0.2) is 30.3 Å². The molecule has 0 aliphatic rings. The van der Waals surface area contributed by atoms with E-state index < -0.39 is 5.97 Å². The first-order valence-corrected chi connectivity index (χ1v) is 4.67. The van der Waals surface area contributed by atoms with Gasteiger partial charge < -0.3 is 9.62 Å². The average Bonchev–Trinajstić information content (AvgIpc) is 2.31. The van der Waals surface area contributed by atoms with Crippen molar-refractivity contribution in [1.29, 1.82) is 0 Å². The van der Waals surface area contributed by atoms with E-state index in [-0.39, 0.29) is 6.42 Å². The second-order valence-electron chi connectivity index (χ2n) is 2.73. The molecule has 0 radical (unpaired) electrons. The van der Waals surface area contributed by atoms with Crippen LogP contribution in [0.2, 0.25) is 0 Å². The number of rotatable bonds is 3. The van der Waals surface area contributed by atoms with Gasteiger partial charge in [-0.05, 0) is 18.6 Å². The molecule has 4 heteroatoms. The zero-order valence-corrected chi connectivity index (χ0v) is 8.97. The molecule has 0 fully saturated rings. The Balaban J connectivity index is 0.000000265. The molecule has 0 aliphatic carbocycles. The fraction of sp³-hybridized carbons (Fsp3) is 0.364. The van der Waals surface area contributed by atoms with E-state index in [4.69, 9.17) is 9.99 Å². The standard InChI is InChI=1S/C7H8O.C4H8O3/c1-8-7-5-3-2-4-6-7;1-2-3-4(5)7-6/h2-6H,1H3;6H,2-3H2,1H3. The Bertz CT molecular complexity index is 259. The van der Waals surface area contributed by atoms with Crippen molar-refractivity contribution in [2.75, 3.05) is 7.11 Å². The summed E-state index contributed by atoms with van der Waals surface area (Å²) in [6, 6.07) is 9.68. The lowest BCUT2D eigenvalue weighted by molar-refractivity contribution is -0.234. The van der Waals surface area contributed by atoms with Crippen LogP contribution in [0.5, 0.6) is 5.75 Å². The zero-order chi connectivity index (χ0) is 11.5. The molecule has 0 unspecified atom stereocenters. The minimum absolute atomic E-state index is 0.288. The normalized spacial score (nSPS) is 8.47. The monoisotopic (exact) mass is 212 g/mol. The highest BCUT2D eigenvalue weighted by Gasteiger charge is 1.95. The van der Waals surface area contributed by atoms with Gasteiger partial charge in [-0.1, -0.05) is 25.1 Å². The van der Waals surface area contributed by atoms with Gasteiger partial charge in [0.2, 0.25) is 0 Å². The number of carbonyl (C=O) groups excluding carboxylic acids is 1. The van der Waals surface area contributed by atoms with Gasteiger partial charge in [0.25, 0.3) is 0 Å². The highest BCUT2D eigenvalue weighted by atomic mass is 17.1. The van der Waals surface area contributed by atoms with Crippen molar-refractivity contribution in [3.8, 4) is 5.75 Å². The van der Waals surface area contributed by atoms with Crippen molar-refractivity contribution in [1.82, 2.24) is 0 Å². The van der Waals surface area contributed by atoms with Crippen LogP contribution < -0.4 is 4.74 Å². The first-order chi connectivity index (χ1) is 7.24. The van der Waals surface area contributed by atoms with E-state index in [0.717, 1.165) is 5.75 Å². The molecule has 84 valence electrons. The van der Waals surface area contributed by atoms with Gasteiger partial charge in [0.05, 0.1) is 7.11 Å². The lowest BCUT2D eigenvalue weighted by Crippen LogP contribution is -1.97. The molecule has 0 saturated carbocycles. The lowest BCUT2D eigenvalue weighted by Gasteiger charge is -1.93. The van der Waals surface area contributed by atoms with E-state index in [1.807, 2.05) is 37.3 Å². The van der Waals surface area contributed by atoms with Gasteiger partial charge in [-0.3, -0.25) is 0 Å². The minimum atomic E-state index is -0.567. The van der Waals surface area contributed by atoms with Gasteiger partial charge in [-0.25, -0.2) is 4.79 Å². The molecule has 0 amide bonds. The molecule has 0 saturated heterocycles. The second kappa shape index (κ2) is 9.02. The molecule has 0 bridgehead atoms. The Kier molecular flexibility index (Phi) is 8.09. The van der Waals surface area contributed by atoms with Gasteiger partial charge in [-0.15, -0.1) is 0 Å². The maximum atomic E-state index is 9.94. The summed E-state index contributed by atoms with van der Waals surface area (Å²) < 4.78 is 4.91. The number of hydrogen-bond acceptors (Lipinski definition) is 4. The Morgan fingerprint density at radius 2 is 1.93 bits per heavy atom. The van der Waals surface area contributed by atoms with Crippen LogP contribution in [-0.4, -0.2) is 18.3 Å². The maximum absolute atomic E-state index is 9.94. The number of para-hydroxylation sites is 1. The van der Waals surface area contributed by atoms with E-state index in [2.05, 4.69) is 4.89 Å². The van der Waals surface area contributed by atoms with Gasteiger partial charge in [0.15, 0.2) is 0 Å². The van der Waals surface area contributed by atoms with Crippen LogP contribution in [0, 0.1) is 0 Å². The predicted octanol–water partition coefficient (Wildman–Crippen LogP) is 2.50. The molecular formula is C11H16O4. The molecule has 1 aromatic rings. The third-order valence-corrected chi connectivity index (χ3v) is 1.53. The van der Waals surface area contributed by atoms with Crippen LogP contribution in [0.1, 0.15) is 19.8 Å². The van der Waals surface area contributed by atoms with E-state index in [9.17, 15) is 4.79 Å². The molecule has 15 heavy (non-hydrogen) atoms. The molecule has 4 nitrogen and oxygen atoms in total. The van der Waals surface area contributed by atoms with Crippen LogP contribution in [0.3, 0.4) is 0 Å². The molecule has 0 atom stereocenters. The number of carbonyl (C=O) groups is 1. The van der Waals surface area contributed by atoms with E-state index in [0.29, 0.717) is 6.42 Å². The van der Waals surface area contributed by atoms with E-state index >= 15 is 0 Å². The second-order valence-corrected chi connectivity index (χ2v) is 2.73. The summed E-state index contributed by atoms with van der Waals surface area (Å²) in [5.41, 5.74) is 0. The number of ether oxygens (including phenoxy) is 1. The first-order valence-electron chi connectivity index (χ1n) is 4.67. The summed E-state index contributed by atoms with van der Waals surface area (Å²) in [7, 11) is 1.66. The fourth-order valence-electron chi connectivity index (χ4n) is 0.806. The van der Waals surface area contributed by atoms with Crippen molar-refractivity contribution in [2.45, 2.75) is 19.8 Å². The van der Waals surface area contributed by atoms with Crippen LogP contribution in [0.4, 0.5) is 0 Å². The van der Waals surface area contributed by atoms with Crippen molar-refractivity contribution in [3.05, 3.63) is 30.3 Å². The van der Waals surface area contributed by atoms with E-state index in [1.165, 1.54) is 0 Å². The van der Waals surface area contributed by atoms with Crippen molar-refractivity contribution >= 4 is 5.97 Å². The Labute approximate surface area is 89.4 Å². The summed E-state index contributed by atoms with van der Waals surface area (Å²) in [6.45, 7) is 1.83. The Hall–Kier alpha value is -1.55. The summed E-state index contributed by atoms with van der Waals surface area (Å²) in [4.78, 5) is 13.3. The molecular weight excluding hydrogens is 196 g/mol. The predicted molar refractivity (Wildman–Crippen MR) is 56.6 cm³/mol. The summed E-state index contributed by atoms with van der Waals surface area (Å²) in [6.07, 6.45) is 0.996. The molecule has 0 aliphatic heterocycles. The van der Waals surface area contributed by atoms with Crippen molar-refractivity contribution < 1.29 is 19.7 Å². The third kappa shape index (κ3) is 7.52.